The fourth-order valence-corrected chi connectivity index (χ4v) is 2.07. The van der Waals surface area contributed by atoms with Gasteiger partial charge in [-0.05, 0) is 33.6 Å². The normalized spacial score (nSPS) is 19.5. The van der Waals surface area contributed by atoms with E-state index in [0.29, 0.717) is 0 Å². The summed E-state index contributed by atoms with van der Waals surface area (Å²) >= 11 is 0. The Balaban J connectivity index is 2.03. The number of hydrogen-bond donors (Lipinski definition) is 0. The molecule has 1 aliphatic rings. The summed E-state index contributed by atoms with van der Waals surface area (Å²) in [5, 5.41) is 0. The predicted molar refractivity (Wildman–Crippen MR) is 67.9 cm³/mol. The first-order valence-electron chi connectivity index (χ1n) is 6.30. The van der Waals surface area contributed by atoms with Gasteiger partial charge in [0.25, 0.3) is 0 Å². The monoisotopic (exact) mass is 229 g/mol. The number of hydrogen-bond acceptors (Lipinski definition) is 4. The third-order valence-electron chi connectivity index (χ3n) is 3.16. The molecule has 0 aromatic heterocycles. The summed E-state index contributed by atoms with van der Waals surface area (Å²) in [5.74, 6) is 0. The summed E-state index contributed by atoms with van der Waals surface area (Å²) < 4.78 is 5.10. The molecule has 0 amide bonds. The molecule has 0 bridgehead atoms. The first kappa shape index (κ1) is 13.9. The molecule has 1 heterocycles. The first-order valence-corrected chi connectivity index (χ1v) is 6.30. The van der Waals surface area contributed by atoms with Crippen molar-refractivity contribution in [2.45, 2.75) is 6.42 Å². The molecule has 4 nitrogen and oxygen atoms in total. The van der Waals surface area contributed by atoms with Gasteiger partial charge in [0.15, 0.2) is 0 Å². The summed E-state index contributed by atoms with van der Waals surface area (Å²) in [6.07, 6.45) is 1.28. The molecular formula is C12H27N3O. The SMILES string of the molecule is COCCN1CCN(CCCN(C)C)CC1. The molecule has 0 spiro atoms. The zero-order valence-corrected chi connectivity index (χ0v) is 11.1. The highest BCUT2D eigenvalue weighted by Gasteiger charge is 2.15. The minimum atomic E-state index is 0.862. The summed E-state index contributed by atoms with van der Waals surface area (Å²) in [7, 11) is 6.06. The fourth-order valence-electron chi connectivity index (χ4n) is 2.07. The molecule has 0 aromatic rings. The molecule has 0 saturated carbocycles. The fraction of sp³-hybridized carbons (Fsp3) is 1.00. The van der Waals surface area contributed by atoms with Crippen LogP contribution < -0.4 is 0 Å². The summed E-state index contributed by atoms with van der Waals surface area (Å²) in [4.78, 5) is 7.33. The Kier molecular flexibility index (Phi) is 6.96. The Labute approximate surface area is 100 Å². The molecule has 0 aliphatic carbocycles. The number of methoxy groups -OCH3 is 1. The van der Waals surface area contributed by atoms with Crippen molar-refractivity contribution in [2.24, 2.45) is 0 Å². The zero-order valence-electron chi connectivity index (χ0n) is 11.1. The van der Waals surface area contributed by atoms with Crippen LogP contribution >= 0.6 is 0 Å². The van der Waals surface area contributed by atoms with Crippen LogP contribution in [0.15, 0.2) is 0 Å². The molecule has 96 valence electrons. The topological polar surface area (TPSA) is 19.0 Å². The largest absolute Gasteiger partial charge is 0.383 e. The van der Waals surface area contributed by atoms with E-state index < -0.39 is 0 Å². The molecule has 16 heavy (non-hydrogen) atoms. The second-order valence-electron chi connectivity index (χ2n) is 4.83. The predicted octanol–water partition coefficient (Wildman–Crippen LogP) is 0.202. The molecule has 1 aliphatic heterocycles. The molecule has 0 atom stereocenters. The lowest BCUT2D eigenvalue weighted by atomic mass is 10.3. The summed E-state index contributed by atoms with van der Waals surface area (Å²) in [6.45, 7) is 9.23. The molecule has 0 unspecified atom stereocenters. The van der Waals surface area contributed by atoms with Crippen LogP contribution in [0.4, 0.5) is 0 Å². The quantitative estimate of drug-likeness (QED) is 0.621. The van der Waals surface area contributed by atoms with Gasteiger partial charge in [-0.1, -0.05) is 0 Å². The van der Waals surface area contributed by atoms with E-state index >= 15 is 0 Å². The smallest absolute Gasteiger partial charge is 0.0589 e. The van der Waals surface area contributed by atoms with Crippen LogP contribution in [0.3, 0.4) is 0 Å². The number of rotatable bonds is 7. The van der Waals surface area contributed by atoms with Crippen LogP contribution in [0.2, 0.25) is 0 Å². The van der Waals surface area contributed by atoms with E-state index in [1.54, 1.807) is 7.11 Å². The van der Waals surface area contributed by atoms with Crippen LogP contribution in [0.25, 0.3) is 0 Å². The molecule has 1 saturated heterocycles. The van der Waals surface area contributed by atoms with E-state index in [9.17, 15) is 0 Å². The van der Waals surface area contributed by atoms with Gasteiger partial charge in [-0.15, -0.1) is 0 Å². The molecule has 1 fully saturated rings. The maximum Gasteiger partial charge on any atom is 0.0589 e. The minimum absolute atomic E-state index is 0.862. The van der Waals surface area contributed by atoms with Crippen LogP contribution in [0.5, 0.6) is 0 Å². The highest BCUT2D eigenvalue weighted by molar-refractivity contribution is 4.71. The van der Waals surface area contributed by atoms with Gasteiger partial charge >= 0.3 is 0 Å². The third-order valence-corrected chi connectivity index (χ3v) is 3.16. The standard InChI is InChI=1S/C12H27N3O/c1-13(2)5-4-6-14-7-9-15(10-8-14)11-12-16-3/h4-12H2,1-3H3. The van der Waals surface area contributed by atoms with E-state index in [4.69, 9.17) is 4.74 Å². The number of piperazine rings is 1. The van der Waals surface area contributed by atoms with Gasteiger partial charge in [0, 0.05) is 39.8 Å². The molecule has 0 N–H and O–H groups in total. The Morgan fingerprint density at radius 1 is 1.00 bits per heavy atom. The van der Waals surface area contributed by atoms with Gasteiger partial charge < -0.3 is 14.5 Å². The van der Waals surface area contributed by atoms with Gasteiger partial charge in [0.2, 0.25) is 0 Å². The van der Waals surface area contributed by atoms with E-state index in [1.807, 2.05) is 0 Å². The molecular weight excluding hydrogens is 202 g/mol. The Morgan fingerprint density at radius 3 is 2.06 bits per heavy atom. The molecule has 0 radical (unpaired) electrons. The van der Waals surface area contributed by atoms with Gasteiger partial charge in [0.1, 0.15) is 0 Å². The Morgan fingerprint density at radius 2 is 1.56 bits per heavy atom. The van der Waals surface area contributed by atoms with Crippen LogP contribution in [0.1, 0.15) is 6.42 Å². The third kappa shape index (κ3) is 5.80. The maximum atomic E-state index is 5.10. The summed E-state index contributed by atoms with van der Waals surface area (Å²) in [6, 6.07) is 0. The van der Waals surface area contributed by atoms with Crippen molar-refractivity contribution < 1.29 is 4.74 Å². The average Bonchev–Trinajstić information content (AvgIpc) is 2.27. The Bertz CT molecular complexity index is 168. The second-order valence-corrected chi connectivity index (χ2v) is 4.83. The van der Waals surface area contributed by atoms with Crippen molar-refractivity contribution in [3.8, 4) is 0 Å². The van der Waals surface area contributed by atoms with E-state index in [0.717, 1.165) is 13.2 Å². The van der Waals surface area contributed by atoms with Gasteiger partial charge in [-0.2, -0.15) is 0 Å². The molecule has 1 rings (SSSR count). The van der Waals surface area contributed by atoms with Gasteiger partial charge in [0.05, 0.1) is 6.61 Å². The number of ether oxygens (including phenoxy) is 1. The second kappa shape index (κ2) is 8.01. The summed E-state index contributed by atoms with van der Waals surface area (Å²) in [5.41, 5.74) is 0. The van der Waals surface area contributed by atoms with E-state index in [2.05, 4.69) is 28.8 Å². The highest BCUT2D eigenvalue weighted by atomic mass is 16.5. The van der Waals surface area contributed by atoms with Crippen LogP contribution in [-0.2, 0) is 4.74 Å². The number of nitrogens with zero attached hydrogens (tertiary/aromatic N) is 3. The van der Waals surface area contributed by atoms with Crippen LogP contribution in [0, 0.1) is 0 Å². The van der Waals surface area contributed by atoms with E-state index in [1.165, 1.54) is 45.7 Å². The van der Waals surface area contributed by atoms with Crippen molar-refractivity contribution in [1.82, 2.24) is 14.7 Å². The van der Waals surface area contributed by atoms with Gasteiger partial charge in [-0.3, -0.25) is 4.90 Å². The molecule has 0 aromatic carbocycles. The van der Waals surface area contributed by atoms with Crippen LogP contribution in [-0.4, -0.2) is 88.3 Å². The highest BCUT2D eigenvalue weighted by Crippen LogP contribution is 2.02. The molecule has 4 heteroatoms. The van der Waals surface area contributed by atoms with Crippen molar-refractivity contribution in [3.05, 3.63) is 0 Å². The van der Waals surface area contributed by atoms with Crippen molar-refractivity contribution >= 4 is 0 Å². The van der Waals surface area contributed by atoms with Crippen molar-refractivity contribution in [2.75, 3.05) is 73.6 Å². The first-order chi connectivity index (χ1) is 7.72. The zero-order chi connectivity index (χ0) is 11.8. The van der Waals surface area contributed by atoms with Crippen molar-refractivity contribution in [1.29, 1.82) is 0 Å². The minimum Gasteiger partial charge on any atom is -0.383 e. The lowest BCUT2D eigenvalue weighted by Gasteiger charge is -2.34. The lowest BCUT2D eigenvalue weighted by Crippen LogP contribution is -2.47. The Hall–Kier alpha value is -0.160. The average molecular weight is 229 g/mol. The van der Waals surface area contributed by atoms with E-state index in [-0.39, 0.29) is 0 Å². The maximum absolute atomic E-state index is 5.10. The van der Waals surface area contributed by atoms with Crippen molar-refractivity contribution in [3.63, 3.8) is 0 Å². The lowest BCUT2D eigenvalue weighted by molar-refractivity contribution is 0.0954. The van der Waals surface area contributed by atoms with Gasteiger partial charge in [-0.25, -0.2) is 0 Å².